The Kier molecular flexibility index (Phi) is 5.77. The Morgan fingerprint density at radius 2 is 1.83 bits per heavy atom. The zero-order chi connectivity index (χ0) is 13.4. The predicted molar refractivity (Wildman–Crippen MR) is 68.6 cm³/mol. The Balaban J connectivity index is 2.74. The highest BCUT2D eigenvalue weighted by molar-refractivity contribution is 5.82. The second-order valence-corrected chi connectivity index (χ2v) is 3.49. The van der Waals surface area contributed by atoms with E-state index in [1.165, 1.54) is 6.08 Å². The normalized spacial score (nSPS) is 10.9. The summed E-state index contributed by atoms with van der Waals surface area (Å²) in [4.78, 5) is 11.2. The van der Waals surface area contributed by atoms with Crippen molar-refractivity contribution in [1.29, 1.82) is 0 Å². The minimum Gasteiger partial charge on any atom is -0.490 e. The number of esters is 1. The number of allylic oxidation sites excluding steroid dienone is 1. The lowest BCUT2D eigenvalue weighted by Gasteiger charge is -2.11. The standard InChI is InChI=1S/C14H18O4/c1-4-16-12-8-6-7-9-13(12)18-11(3)10-14(15)17-5-2/h6-10H,4-5H2,1-3H3/b11-10+. The maximum Gasteiger partial charge on any atom is 0.334 e. The third kappa shape index (κ3) is 4.49. The summed E-state index contributed by atoms with van der Waals surface area (Å²) in [6, 6.07) is 7.31. The van der Waals surface area contributed by atoms with Gasteiger partial charge in [0.15, 0.2) is 11.5 Å². The van der Waals surface area contributed by atoms with Crippen LogP contribution in [0.4, 0.5) is 0 Å². The Labute approximate surface area is 107 Å². The van der Waals surface area contributed by atoms with Crippen LogP contribution in [0.25, 0.3) is 0 Å². The van der Waals surface area contributed by atoms with Gasteiger partial charge in [0.1, 0.15) is 5.76 Å². The second kappa shape index (κ2) is 7.37. The van der Waals surface area contributed by atoms with E-state index >= 15 is 0 Å². The van der Waals surface area contributed by atoms with E-state index < -0.39 is 5.97 Å². The lowest BCUT2D eigenvalue weighted by atomic mass is 10.3. The summed E-state index contributed by atoms with van der Waals surface area (Å²) in [6.07, 6.45) is 1.31. The Morgan fingerprint density at radius 3 is 2.44 bits per heavy atom. The van der Waals surface area contributed by atoms with Gasteiger partial charge in [0.05, 0.1) is 19.3 Å². The fraction of sp³-hybridized carbons (Fsp3) is 0.357. The smallest absolute Gasteiger partial charge is 0.334 e. The van der Waals surface area contributed by atoms with Crippen molar-refractivity contribution < 1.29 is 19.0 Å². The lowest BCUT2D eigenvalue weighted by Crippen LogP contribution is -2.03. The number of hydrogen-bond donors (Lipinski definition) is 0. The van der Waals surface area contributed by atoms with Crippen LogP contribution in [0.15, 0.2) is 36.1 Å². The van der Waals surface area contributed by atoms with Gasteiger partial charge in [-0.25, -0.2) is 4.79 Å². The van der Waals surface area contributed by atoms with E-state index in [0.717, 1.165) is 0 Å². The zero-order valence-electron chi connectivity index (χ0n) is 10.9. The Hall–Kier alpha value is -1.97. The minimum absolute atomic E-state index is 0.345. The number of ether oxygens (including phenoxy) is 3. The van der Waals surface area contributed by atoms with Crippen molar-refractivity contribution in [3.8, 4) is 11.5 Å². The van der Waals surface area contributed by atoms with Crippen LogP contribution in [0.2, 0.25) is 0 Å². The molecular formula is C14H18O4. The molecule has 4 nitrogen and oxygen atoms in total. The maximum atomic E-state index is 11.2. The third-order valence-corrected chi connectivity index (χ3v) is 2.03. The van der Waals surface area contributed by atoms with Crippen LogP contribution in [0.5, 0.6) is 11.5 Å². The Bertz CT molecular complexity index is 424. The van der Waals surface area contributed by atoms with Gasteiger partial charge in [-0.05, 0) is 32.9 Å². The molecule has 0 radical (unpaired) electrons. The van der Waals surface area contributed by atoms with E-state index in [0.29, 0.717) is 30.5 Å². The highest BCUT2D eigenvalue weighted by Gasteiger charge is 2.06. The number of para-hydroxylation sites is 2. The molecule has 0 aliphatic carbocycles. The molecule has 0 saturated heterocycles. The average molecular weight is 250 g/mol. The fourth-order valence-corrected chi connectivity index (χ4v) is 1.36. The minimum atomic E-state index is -0.413. The van der Waals surface area contributed by atoms with E-state index in [1.54, 1.807) is 19.9 Å². The maximum absolute atomic E-state index is 11.2. The van der Waals surface area contributed by atoms with Gasteiger partial charge in [-0.3, -0.25) is 0 Å². The summed E-state index contributed by atoms with van der Waals surface area (Å²) in [5, 5.41) is 0. The van der Waals surface area contributed by atoms with Crippen molar-refractivity contribution >= 4 is 5.97 Å². The van der Waals surface area contributed by atoms with Crippen LogP contribution in [-0.4, -0.2) is 19.2 Å². The summed E-state index contributed by atoms with van der Waals surface area (Å²) in [7, 11) is 0. The van der Waals surface area contributed by atoms with E-state index in [4.69, 9.17) is 14.2 Å². The first-order chi connectivity index (χ1) is 8.67. The summed E-state index contributed by atoms with van der Waals surface area (Å²) in [5.74, 6) is 1.28. The molecule has 0 spiro atoms. The van der Waals surface area contributed by atoms with Crippen molar-refractivity contribution in [2.75, 3.05) is 13.2 Å². The van der Waals surface area contributed by atoms with Crippen molar-refractivity contribution in [2.24, 2.45) is 0 Å². The molecule has 0 aliphatic heterocycles. The molecule has 0 heterocycles. The van der Waals surface area contributed by atoms with Gasteiger partial charge in [0.2, 0.25) is 0 Å². The second-order valence-electron chi connectivity index (χ2n) is 3.49. The highest BCUT2D eigenvalue weighted by Crippen LogP contribution is 2.27. The molecule has 1 rings (SSSR count). The molecule has 0 fully saturated rings. The van der Waals surface area contributed by atoms with Gasteiger partial charge in [-0.1, -0.05) is 12.1 Å². The molecule has 1 aromatic rings. The van der Waals surface area contributed by atoms with E-state index in [-0.39, 0.29) is 0 Å². The molecular weight excluding hydrogens is 232 g/mol. The topological polar surface area (TPSA) is 44.8 Å². The summed E-state index contributed by atoms with van der Waals surface area (Å²) >= 11 is 0. The van der Waals surface area contributed by atoms with Gasteiger partial charge >= 0.3 is 5.97 Å². The first-order valence-corrected chi connectivity index (χ1v) is 5.92. The number of carbonyl (C=O) groups is 1. The van der Waals surface area contributed by atoms with Gasteiger partial charge in [-0.15, -0.1) is 0 Å². The van der Waals surface area contributed by atoms with Crippen molar-refractivity contribution in [2.45, 2.75) is 20.8 Å². The van der Waals surface area contributed by atoms with Crippen LogP contribution in [0.3, 0.4) is 0 Å². The average Bonchev–Trinajstić information content (AvgIpc) is 2.32. The predicted octanol–water partition coefficient (Wildman–Crippen LogP) is 2.93. The molecule has 0 atom stereocenters. The first kappa shape index (κ1) is 14.1. The zero-order valence-corrected chi connectivity index (χ0v) is 10.9. The molecule has 0 aromatic heterocycles. The number of carbonyl (C=O) groups excluding carboxylic acids is 1. The van der Waals surface area contributed by atoms with Gasteiger partial charge in [0, 0.05) is 0 Å². The summed E-state index contributed by atoms with van der Waals surface area (Å²) < 4.78 is 15.8. The van der Waals surface area contributed by atoms with Crippen LogP contribution >= 0.6 is 0 Å². The lowest BCUT2D eigenvalue weighted by molar-refractivity contribution is -0.137. The number of hydrogen-bond acceptors (Lipinski definition) is 4. The molecule has 0 saturated carbocycles. The first-order valence-electron chi connectivity index (χ1n) is 5.92. The molecule has 98 valence electrons. The summed E-state index contributed by atoms with van der Waals surface area (Å²) in [6.45, 7) is 6.25. The Morgan fingerprint density at radius 1 is 1.17 bits per heavy atom. The molecule has 0 aliphatic rings. The van der Waals surface area contributed by atoms with Crippen LogP contribution in [0.1, 0.15) is 20.8 Å². The van der Waals surface area contributed by atoms with Crippen molar-refractivity contribution in [3.63, 3.8) is 0 Å². The highest BCUT2D eigenvalue weighted by atomic mass is 16.5. The van der Waals surface area contributed by atoms with E-state index in [9.17, 15) is 4.79 Å². The number of benzene rings is 1. The molecule has 0 amide bonds. The SMILES string of the molecule is CCOC(=O)/C=C(\C)Oc1ccccc1OCC. The van der Waals surface area contributed by atoms with Crippen LogP contribution in [0, 0.1) is 0 Å². The van der Waals surface area contributed by atoms with Gasteiger partial charge in [-0.2, -0.15) is 0 Å². The molecule has 0 bridgehead atoms. The van der Waals surface area contributed by atoms with Crippen LogP contribution in [-0.2, 0) is 9.53 Å². The molecule has 1 aromatic carbocycles. The molecule has 0 N–H and O–H groups in total. The molecule has 4 heteroatoms. The van der Waals surface area contributed by atoms with Gasteiger partial charge < -0.3 is 14.2 Å². The van der Waals surface area contributed by atoms with Crippen molar-refractivity contribution in [3.05, 3.63) is 36.1 Å². The van der Waals surface area contributed by atoms with Crippen LogP contribution < -0.4 is 9.47 Å². The van der Waals surface area contributed by atoms with E-state index in [2.05, 4.69) is 0 Å². The van der Waals surface area contributed by atoms with E-state index in [1.807, 2.05) is 25.1 Å². The third-order valence-electron chi connectivity index (χ3n) is 2.03. The quantitative estimate of drug-likeness (QED) is 0.442. The molecule has 0 unspecified atom stereocenters. The summed E-state index contributed by atoms with van der Waals surface area (Å²) in [5.41, 5.74) is 0. The van der Waals surface area contributed by atoms with Gasteiger partial charge in [0.25, 0.3) is 0 Å². The van der Waals surface area contributed by atoms with Crippen molar-refractivity contribution in [1.82, 2.24) is 0 Å². The fourth-order valence-electron chi connectivity index (χ4n) is 1.36. The monoisotopic (exact) mass is 250 g/mol. The molecule has 18 heavy (non-hydrogen) atoms. The number of rotatable bonds is 6. The largest absolute Gasteiger partial charge is 0.490 e.